The van der Waals surface area contributed by atoms with Crippen molar-refractivity contribution in [2.75, 3.05) is 30.6 Å². The highest BCUT2D eigenvalue weighted by molar-refractivity contribution is 7.99. The van der Waals surface area contributed by atoms with Crippen LogP contribution in [0.2, 0.25) is 0 Å². The molecule has 0 aliphatic carbocycles. The minimum Gasteiger partial charge on any atom is -0.497 e. The average Bonchev–Trinajstić information content (AvgIpc) is 2.77. The first-order valence-corrected chi connectivity index (χ1v) is 9.92. The number of nitrogens with one attached hydrogen (secondary N) is 2. The molecule has 0 radical (unpaired) electrons. The third-order valence-electron chi connectivity index (χ3n) is 3.94. The van der Waals surface area contributed by atoms with Crippen molar-refractivity contribution in [2.45, 2.75) is 11.6 Å². The van der Waals surface area contributed by atoms with Crippen LogP contribution < -0.4 is 20.1 Å². The van der Waals surface area contributed by atoms with E-state index in [-0.39, 0.29) is 11.7 Å². The zero-order chi connectivity index (χ0) is 20.5. The molecule has 150 valence electrons. The predicted molar refractivity (Wildman–Crippen MR) is 115 cm³/mol. The van der Waals surface area contributed by atoms with Crippen molar-refractivity contribution in [2.24, 2.45) is 0 Å². The molecule has 0 saturated heterocycles. The fourth-order valence-corrected chi connectivity index (χ4v) is 3.11. The topological polar surface area (TPSA) is 85.4 Å². The maximum absolute atomic E-state index is 12.2. The molecule has 0 fully saturated rings. The summed E-state index contributed by atoms with van der Waals surface area (Å²) < 4.78 is 10.4. The van der Waals surface area contributed by atoms with Gasteiger partial charge in [0.1, 0.15) is 22.3 Å². The number of methoxy groups -OCH3 is 2. The number of carbonyl (C=O) groups is 1. The zero-order valence-corrected chi connectivity index (χ0v) is 17.0. The smallest absolute Gasteiger partial charge is 0.234 e. The van der Waals surface area contributed by atoms with E-state index in [2.05, 4.69) is 20.8 Å². The van der Waals surface area contributed by atoms with E-state index < -0.39 is 0 Å². The molecule has 3 rings (SSSR count). The molecule has 0 aliphatic heterocycles. The third-order valence-corrected chi connectivity index (χ3v) is 4.86. The van der Waals surface area contributed by atoms with Crippen molar-refractivity contribution in [3.63, 3.8) is 0 Å². The second-order valence-corrected chi connectivity index (χ2v) is 7.03. The fraction of sp³-hybridized carbons (Fsp3) is 0.190. The molecule has 8 heteroatoms. The van der Waals surface area contributed by atoms with Gasteiger partial charge in [-0.2, -0.15) is 0 Å². The molecule has 0 atom stereocenters. The van der Waals surface area contributed by atoms with Crippen molar-refractivity contribution in [3.05, 3.63) is 66.2 Å². The molecule has 1 heterocycles. The lowest BCUT2D eigenvalue weighted by atomic mass is 10.2. The number of anilines is 2. The Balaban J connectivity index is 1.49. The van der Waals surface area contributed by atoms with Gasteiger partial charge < -0.3 is 20.1 Å². The summed E-state index contributed by atoms with van der Waals surface area (Å²) >= 11 is 1.31. The van der Waals surface area contributed by atoms with Crippen LogP contribution in [0, 0.1) is 0 Å². The Morgan fingerprint density at radius 1 is 0.966 bits per heavy atom. The van der Waals surface area contributed by atoms with E-state index in [0.29, 0.717) is 34.6 Å². The molecule has 0 bridgehead atoms. The van der Waals surface area contributed by atoms with Crippen molar-refractivity contribution >= 4 is 29.2 Å². The van der Waals surface area contributed by atoms with Crippen LogP contribution in [0.3, 0.4) is 0 Å². The van der Waals surface area contributed by atoms with E-state index in [1.165, 1.54) is 17.3 Å². The van der Waals surface area contributed by atoms with Crippen LogP contribution in [0.15, 0.2) is 65.7 Å². The van der Waals surface area contributed by atoms with Crippen molar-refractivity contribution < 1.29 is 14.3 Å². The highest BCUT2D eigenvalue weighted by atomic mass is 32.2. The van der Waals surface area contributed by atoms with Gasteiger partial charge in [0, 0.05) is 30.4 Å². The standard InChI is InChI=1S/C21H22N4O3S/c1-27-17-10-16(11-18(12-17)28-2)23-20(26)14-29-21-9-8-19(24-25-21)22-13-15-6-4-3-5-7-15/h3-12H,13-14H2,1-2H3,(H,22,24)(H,23,26). The normalized spacial score (nSPS) is 10.3. The van der Waals surface area contributed by atoms with Gasteiger partial charge in [0.15, 0.2) is 0 Å². The van der Waals surface area contributed by atoms with Gasteiger partial charge in [-0.1, -0.05) is 42.1 Å². The largest absolute Gasteiger partial charge is 0.497 e. The maximum atomic E-state index is 12.2. The summed E-state index contributed by atoms with van der Waals surface area (Å²) in [6.45, 7) is 0.675. The van der Waals surface area contributed by atoms with Gasteiger partial charge >= 0.3 is 0 Å². The SMILES string of the molecule is COc1cc(NC(=O)CSc2ccc(NCc3ccccc3)nn2)cc(OC)c1. The van der Waals surface area contributed by atoms with Crippen LogP contribution in [-0.2, 0) is 11.3 Å². The number of ether oxygens (including phenoxy) is 2. The van der Waals surface area contributed by atoms with E-state index >= 15 is 0 Å². The number of rotatable bonds is 9. The Labute approximate surface area is 173 Å². The molecule has 29 heavy (non-hydrogen) atoms. The van der Waals surface area contributed by atoms with E-state index in [1.54, 1.807) is 32.4 Å². The number of amides is 1. The quantitative estimate of drug-likeness (QED) is 0.519. The van der Waals surface area contributed by atoms with E-state index in [4.69, 9.17) is 9.47 Å². The van der Waals surface area contributed by atoms with Crippen LogP contribution in [0.5, 0.6) is 11.5 Å². The van der Waals surface area contributed by atoms with Gasteiger partial charge in [0.2, 0.25) is 5.91 Å². The molecule has 0 unspecified atom stereocenters. The minimum atomic E-state index is -0.154. The number of nitrogens with zero attached hydrogens (tertiary/aromatic N) is 2. The molecule has 2 N–H and O–H groups in total. The summed E-state index contributed by atoms with van der Waals surface area (Å²) in [5.41, 5.74) is 1.77. The first-order chi connectivity index (χ1) is 14.2. The van der Waals surface area contributed by atoms with Crippen LogP contribution in [0.4, 0.5) is 11.5 Å². The number of hydrogen-bond acceptors (Lipinski definition) is 7. The average molecular weight is 410 g/mol. The Morgan fingerprint density at radius 3 is 2.31 bits per heavy atom. The molecule has 2 aromatic carbocycles. The highest BCUT2D eigenvalue weighted by Gasteiger charge is 2.08. The summed E-state index contributed by atoms with van der Waals surface area (Å²) in [4.78, 5) is 12.2. The van der Waals surface area contributed by atoms with Gasteiger partial charge in [-0.3, -0.25) is 4.79 Å². The zero-order valence-electron chi connectivity index (χ0n) is 16.2. The van der Waals surface area contributed by atoms with Crippen molar-refractivity contribution in [3.8, 4) is 11.5 Å². The number of carbonyl (C=O) groups excluding carboxylic acids is 1. The Bertz CT molecular complexity index is 914. The second kappa shape index (κ2) is 10.3. The lowest BCUT2D eigenvalue weighted by Crippen LogP contribution is -2.14. The molecule has 1 amide bonds. The van der Waals surface area contributed by atoms with Crippen LogP contribution in [0.1, 0.15) is 5.56 Å². The minimum absolute atomic E-state index is 0.154. The van der Waals surface area contributed by atoms with E-state index in [1.807, 2.05) is 42.5 Å². The van der Waals surface area contributed by atoms with Gasteiger partial charge in [0.25, 0.3) is 0 Å². The van der Waals surface area contributed by atoms with Gasteiger partial charge in [0.05, 0.1) is 20.0 Å². The Kier molecular flexibility index (Phi) is 7.29. The number of thioether (sulfide) groups is 1. The molecule has 0 saturated carbocycles. The summed E-state index contributed by atoms with van der Waals surface area (Å²) in [5, 5.41) is 15.0. The lowest BCUT2D eigenvalue weighted by Gasteiger charge is -2.10. The van der Waals surface area contributed by atoms with Gasteiger partial charge in [-0.15, -0.1) is 10.2 Å². The lowest BCUT2D eigenvalue weighted by molar-refractivity contribution is -0.113. The van der Waals surface area contributed by atoms with Crippen molar-refractivity contribution in [1.82, 2.24) is 10.2 Å². The third kappa shape index (κ3) is 6.39. The molecular formula is C21H22N4O3S. The number of benzene rings is 2. The van der Waals surface area contributed by atoms with E-state index in [9.17, 15) is 4.79 Å². The predicted octanol–water partition coefficient (Wildman–Crippen LogP) is 3.84. The fourth-order valence-electron chi connectivity index (χ4n) is 2.50. The number of hydrogen-bond donors (Lipinski definition) is 2. The second-order valence-electron chi connectivity index (χ2n) is 6.03. The summed E-state index contributed by atoms with van der Waals surface area (Å²) in [7, 11) is 3.13. The summed E-state index contributed by atoms with van der Waals surface area (Å²) in [6, 6.07) is 19.0. The first kappa shape index (κ1) is 20.5. The van der Waals surface area contributed by atoms with E-state index in [0.717, 1.165) is 0 Å². The Morgan fingerprint density at radius 2 is 1.69 bits per heavy atom. The molecule has 0 aliphatic rings. The molecule has 7 nitrogen and oxygen atoms in total. The van der Waals surface area contributed by atoms with Crippen molar-refractivity contribution in [1.29, 1.82) is 0 Å². The van der Waals surface area contributed by atoms with Crippen LogP contribution in [0.25, 0.3) is 0 Å². The summed E-state index contributed by atoms with van der Waals surface area (Å²) in [5.74, 6) is 1.96. The molecule has 1 aromatic heterocycles. The molecular weight excluding hydrogens is 388 g/mol. The number of aromatic nitrogens is 2. The van der Waals surface area contributed by atoms with Gasteiger partial charge in [-0.05, 0) is 17.7 Å². The van der Waals surface area contributed by atoms with Gasteiger partial charge in [-0.25, -0.2) is 0 Å². The summed E-state index contributed by atoms with van der Waals surface area (Å²) in [6.07, 6.45) is 0. The molecule has 0 spiro atoms. The molecule has 3 aromatic rings. The highest BCUT2D eigenvalue weighted by Crippen LogP contribution is 2.26. The first-order valence-electron chi connectivity index (χ1n) is 8.93. The Hall–Kier alpha value is -3.26. The van der Waals surface area contributed by atoms with Crippen LogP contribution in [-0.4, -0.2) is 36.1 Å². The maximum Gasteiger partial charge on any atom is 0.234 e. The monoisotopic (exact) mass is 410 g/mol. The van der Waals surface area contributed by atoms with Crippen LogP contribution >= 0.6 is 11.8 Å².